The Bertz CT molecular complexity index is 1330. The van der Waals surface area contributed by atoms with Gasteiger partial charge in [-0.15, -0.1) is 0 Å². The van der Waals surface area contributed by atoms with Crippen molar-refractivity contribution in [3.05, 3.63) is 58.4 Å². The van der Waals surface area contributed by atoms with Crippen LogP contribution in [0.5, 0.6) is 0 Å². The molecule has 148 valence electrons. The third-order valence-electron chi connectivity index (χ3n) is 5.44. The van der Waals surface area contributed by atoms with Gasteiger partial charge in [-0.2, -0.15) is 17.9 Å². The summed E-state index contributed by atoms with van der Waals surface area (Å²) in [6.07, 6.45) is 5.28. The van der Waals surface area contributed by atoms with Crippen molar-refractivity contribution in [2.45, 2.75) is 30.2 Å². The molecule has 29 heavy (non-hydrogen) atoms. The SMILES string of the molecule is O=S1(=O)N=C(CN/N=C/c2ccc3[nH]c(=S)n(C4CCC4)c3c2)c2ccccc21. The van der Waals surface area contributed by atoms with Gasteiger partial charge in [0.25, 0.3) is 10.0 Å². The molecule has 0 amide bonds. The zero-order chi connectivity index (χ0) is 20.0. The zero-order valence-corrected chi connectivity index (χ0v) is 17.1. The predicted octanol–water partition coefficient (Wildman–Crippen LogP) is 3.54. The molecule has 1 aliphatic heterocycles. The van der Waals surface area contributed by atoms with Gasteiger partial charge in [0.05, 0.1) is 34.4 Å². The van der Waals surface area contributed by atoms with E-state index in [9.17, 15) is 8.42 Å². The van der Waals surface area contributed by atoms with Crippen LogP contribution in [0.1, 0.15) is 36.4 Å². The summed E-state index contributed by atoms with van der Waals surface area (Å²) < 4.78 is 31.0. The average molecular weight is 426 g/mol. The number of rotatable bonds is 5. The molecule has 0 atom stereocenters. The monoisotopic (exact) mass is 425 g/mol. The molecule has 0 saturated heterocycles. The van der Waals surface area contributed by atoms with Crippen molar-refractivity contribution in [1.29, 1.82) is 0 Å². The largest absolute Gasteiger partial charge is 0.331 e. The summed E-state index contributed by atoms with van der Waals surface area (Å²) in [6.45, 7) is 0.234. The molecule has 0 unspecified atom stereocenters. The lowest BCUT2D eigenvalue weighted by molar-refractivity contribution is 0.318. The third kappa shape index (κ3) is 3.20. The highest BCUT2D eigenvalue weighted by molar-refractivity contribution is 7.90. The van der Waals surface area contributed by atoms with Gasteiger partial charge in [0.15, 0.2) is 4.77 Å². The number of hydrogen-bond acceptors (Lipinski definition) is 5. The van der Waals surface area contributed by atoms with Crippen LogP contribution in [-0.4, -0.2) is 36.4 Å². The van der Waals surface area contributed by atoms with Crippen molar-refractivity contribution in [2.75, 3.05) is 6.54 Å². The molecule has 7 nitrogen and oxygen atoms in total. The van der Waals surface area contributed by atoms with Crippen LogP contribution in [0, 0.1) is 4.77 Å². The van der Waals surface area contributed by atoms with Gasteiger partial charge in [-0.05, 0) is 55.2 Å². The summed E-state index contributed by atoms with van der Waals surface area (Å²) in [5, 5.41) is 4.25. The topological polar surface area (TPSA) is 91.6 Å². The number of benzene rings is 2. The molecule has 2 aromatic carbocycles. The van der Waals surface area contributed by atoms with Crippen LogP contribution in [0.25, 0.3) is 11.0 Å². The Balaban J connectivity index is 1.34. The highest BCUT2D eigenvalue weighted by Crippen LogP contribution is 2.34. The maximum absolute atomic E-state index is 12.1. The van der Waals surface area contributed by atoms with Gasteiger partial charge in [0.2, 0.25) is 0 Å². The highest BCUT2D eigenvalue weighted by Gasteiger charge is 2.27. The third-order valence-corrected chi connectivity index (χ3v) is 7.11. The number of hydrazone groups is 1. The summed E-state index contributed by atoms with van der Waals surface area (Å²) in [5.41, 5.74) is 7.05. The summed E-state index contributed by atoms with van der Waals surface area (Å²) in [7, 11) is -3.60. The first-order valence-electron chi connectivity index (χ1n) is 9.46. The van der Waals surface area contributed by atoms with E-state index in [-0.39, 0.29) is 11.4 Å². The number of nitrogens with one attached hydrogen (secondary N) is 2. The molecule has 1 aliphatic carbocycles. The number of aromatic amines is 1. The van der Waals surface area contributed by atoms with E-state index < -0.39 is 10.0 Å². The van der Waals surface area contributed by atoms with Gasteiger partial charge >= 0.3 is 0 Å². The van der Waals surface area contributed by atoms with E-state index in [2.05, 4.69) is 30.5 Å². The number of hydrogen-bond donors (Lipinski definition) is 2. The lowest BCUT2D eigenvalue weighted by Crippen LogP contribution is -2.18. The molecule has 0 spiro atoms. The summed E-state index contributed by atoms with van der Waals surface area (Å²) in [5.74, 6) is 0. The minimum absolute atomic E-state index is 0.234. The molecule has 9 heteroatoms. The van der Waals surface area contributed by atoms with E-state index in [0.29, 0.717) is 17.3 Å². The van der Waals surface area contributed by atoms with Crippen LogP contribution in [-0.2, 0) is 10.0 Å². The number of nitrogens with zero attached hydrogens (tertiary/aromatic N) is 3. The van der Waals surface area contributed by atoms with E-state index in [4.69, 9.17) is 12.2 Å². The second-order valence-corrected chi connectivity index (χ2v) is 9.22. The number of imidazole rings is 1. The van der Waals surface area contributed by atoms with Crippen molar-refractivity contribution in [3.63, 3.8) is 0 Å². The molecule has 1 saturated carbocycles. The van der Waals surface area contributed by atoms with Crippen LogP contribution in [0.4, 0.5) is 0 Å². The van der Waals surface area contributed by atoms with E-state index >= 15 is 0 Å². The van der Waals surface area contributed by atoms with Crippen molar-refractivity contribution >= 4 is 45.2 Å². The summed E-state index contributed by atoms with van der Waals surface area (Å²) in [6, 6.07) is 13.3. The first-order valence-corrected chi connectivity index (χ1v) is 11.3. The van der Waals surface area contributed by atoms with Gasteiger partial charge in [-0.1, -0.05) is 24.3 Å². The molecule has 2 heterocycles. The number of fused-ring (bicyclic) bond motifs is 2. The number of aromatic nitrogens is 2. The maximum atomic E-state index is 12.1. The minimum atomic E-state index is -3.60. The van der Waals surface area contributed by atoms with Gasteiger partial charge in [0.1, 0.15) is 0 Å². The first kappa shape index (κ1) is 18.3. The number of sulfonamides is 1. The molecular weight excluding hydrogens is 406 g/mol. The van der Waals surface area contributed by atoms with E-state index in [1.807, 2.05) is 12.1 Å². The fourth-order valence-electron chi connectivity index (χ4n) is 3.77. The molecule has 0 radical (unpaired) electrons. The Morgan fingerprint density at radius 1 is 1.28 bits per heavy atom. The van der Waals surface area contributed by atoms with Gasteiger partial charge in [0, 0.05) is 11.6 Å². The van der Waals surface area contributed by atoms with Gasteiger partial charge in [-0.25, -0.2) is 0 Å². The number of H-pyrrole nitrogens is 1. The first-order chi connectivity index (χ1) is 14.0. The molecule has 5 rings (SSSR count). The van der Waals surface area contributed by atoms with Crippen molar-refractivity contribution in [2.24, 2.45) is 9.50 Å². The van der Waals surface area contributed by atoms with Gasteiger partial charge in [-0.3, -0.25) is 0 Å². The fraction of sp³-hybridized carbons (Fsp3) is 0.250. The van der Waals surface area contributed by atoms with Crippen LogP contribution in [0.3, 0.4) is 0 Å². The van der Waals surface area contributed by atoms with E-state index in [0.717, 1.165) is 34.2 Å². The molecule has 1 aromatic heterocycles. The predicted molar refractivity (Wildman–Crippen MR) is 116 cm³/mol. The molecule has 2 N–H and O–H groups in total. The Labute approximate surface area is 173 Å². The zero-order valence-electron chi connectivity index (χ0n) is 15.5. The molecular formula is C20H19N5O2S2. The van der Waals surface area contributed by atoms with E-state index in [1.165, 1.54) is 6.42 Å². The van der Waals surface area contributed by atoms with Crippen LogP contribution < -0.4 is 5.43 Å². The summed E-state index contributed by atoms with van der Waals surface area (Å²) in [4.78, 5) is 3.52. The smallest absolute Gasteiger partial charge is 0.283 e. The normalized spacial score (nSPS) is 18.0. The lowest BCUT2D eigenvalue weighted by Gasteiger charge is -2.27. The Morgan fingerprint density at radius 2 is 2.10 bits per heavy atom. The fourth-order valence-corrected chi connectivity index (χ4v) is 5.39. The second-order valence-electron chi connectivity index (χ2n) is 7.26. The molecule has 0 bridgehead atoms. The Hall–Kier alpha value is -2.78. The van der Waals surface area contributed by atoms with Gasteiger partial charge < -0.3 is 15.0 Å². The highest BCUT2D eigenvalue weighted by atomic mass is 32.2. The Morgan fingerprint density at radius 3 is 2.90 bits per heavy atom. The molecule has 1 fully saturated rings. The lowest BCUT2D eigenvalue weighted by atomic mass is 9.93. The quantitative estimate of drug-likeness (QED) is 0.372. The summed E-state index contributed by atoms with van der Waals surface area (Å²) >= 11 is 5.49. The standard InChI is InChI=1S/C20H19N5O2S2/c26-29(27)19-7-2-1-6-15(19)17(24-29)12-22-21-11-13-8-9-16-18(10-13)25(20(28)23-16)14-4-3-5-14/h1-2,6-11,14,22H,3-5,12H2,(H,23,28)/b21-11+. The molecule has 2 aliphatic rings. The van der Waals surface area contributed by atoms with E-state index in [1.54, 1.807) is 30.5 Å². The van der Waals surface area contributed by atoms with Crippen molar-refractivity contribution in [3.8, 4) is 0 Å². The Kier molecular flexibility index (Phi) is 4.36. The van der Waals surface area contributed by atoms with Crippen molar-refractivity contribution < 1.29 is 8.42 Å². The average Bonchev–Trinajstić information content (AvgIpc) is 3.12. The maximum Gasteiger partial charge on any atom is 0.283 e. The van der Waals surface area contributed by atoms with Crippen molar-refractivity contribution in [1.82, 2.24) is 15.0 Å². The van der Waals surface area contributed by atoms with Crippen LogP contribution in [0.2, 0.25) is 0 Å². The second kappa shape index (κ2) is 6.93. The molecule has 3 aromatic rings. The van der Waals surface area contributed by atoms with Crippen LogP contribution in [0.15, 0.2) is 56.9 Å². The minimum Gasteiger partial charge on any atom is -0.331 e. The van der Waals surface area contributed by atoms with Crippen LogP contribution >= 0.6 is 12.2 Å².